The number of para-hydroxylation sites is 1. The first-order valence-electron chi connectivity index (χ1n) is 7.24. The Labute approximate surface area is 131 Å². The van der Waals surface area contributed by atoms with Gasteiger partial charge in [-0.2, -0.15) is 4.98 Å². The quantitative estimate of drug-likeness (QED) is 0.553. The van der Waals surface area contributed by atoms with Crippen molar-refractivity contribution in [3.8, 4) is 0 Å². The monoisotopic (exact) mass is 310 g/mol. The number of nitrogens with one attached hydrogen (secondary N) is 1. The Kier molecular flexibility index (Phi) is 2.90. The first kappa shape index (κ1) is 13.5. The zero-order chi connectivity index (χ0) is 16.0. The van der Waals surface area contributed by atoms with E-state index >= 15 is 0 Å². The van der Waals surface area contributed by atoms with Crippen molar-refractivity contribution in [3.05, 3.63) is 51.8 Å². The summed E-state index contributed by atoms with van der Waals surface area (Å²) in [6.07, 6.45) is 2.01. The van der Waals surface area contributed by atoms with E-state index in [4.69, 9.17) is 5.73 Å². The van der Waals surface area contributed by atoms with Gasteiger partial charge in [0.05, 0.1) is 4.92 Å². The third-order valence-corrected chi connectivity index (χ3v) is 4.15. The van der Waals surface area contributed by atoms with E-state index in [1.807, 2.05) is 17.0 Å². The first-order chi connectivity index (χ1) is 11.1. The minimum Gasteiger partial charge on any atom is -0.378 e. The predicted octanol–water partition coefficient (Wildman–Crippen LogP) is 2.01. The van der Waals surface area contributed by atoms with Crippen LogP contribution in [0.3, 0.4) is 0 Å². The summed E-state index contributed by atoms with van der Waals surface area (Å²) in [5.74, 6) is 0.314. The van der Waals surface area contributed by atoms with Gasteiger partial charge in [-0.05, 0) is 6.07 Å². The molecule has 23 heavy (non-hydrogen) atoms. The van der Waals surface area contributed by atoms with Crippen molar-refractivity contribution in [3.63, 3.8) is 0 Å². The van der Waals surface area contributed by atoms with Crippen LogP contribution in [0.15, 0.2) is 30.5 Å². The molecule has 8 heteroatoms. The predicted molar refractivity (Wildman–Crippen MR) is 86.2 cm³/mol. The van der Waals surface area contributed by atoms with Gasteiger partial charge in [0, 0.05) is 41.7 Å². The molecule has 0 saturated carbocycles. The zero-order valence-corrected chi connectivity index (χ0v) is 12.2. The van der Waals surface area contributed by atoms with Crippen LogP contribution in [0.25, 0.3) is 10.9 Å². The third-order valence-electron chi connectivity index (χ3n) is 4.15. The normalized spacial score (nSPS) is 14.0. The topological polar surface area (TPSA) is 114 Å². The van der Waals surface area contributed by atoms with Crippen LogP contribution in [0.2, 0.25) is 0 Å². The van der Waals surface area contributed by atoms with Crippen LogP contribution in [0.1, 0.15) is 11.3 Å². The fraction of sp³-hybridized carbons (Fsp3) is 0.200. The number of aromatic nitrogens is 3. The number of H-pyrrole nitrogens is 1. The van der Waals surface area contributed by atoms with Crippen LogP contribution >= 0.6 is 0 Å². The molecule has 1 aliphatic heterocycles. The van der Waals surface area contributed by atoms with Crippen molar-refractivity contribution in [2.75, 3.05) is 17.2 Å². The smallest absolute Gasteiger partial charge is 0.329 e. The lowest BCUT2D eigenvalue weighted by Gasteiger charge is -2.27. The Morgan fingerprint density at radius 3 is 2.96 bits per heavy atom. The maximum Gasteiger partial charge on any atom is 0.329 e. The first-order valence-corrected chi connectivity index (χ1v) is 7.24. The number of nitrogens with zero attached hydrogens (tertiary/aromatic N) is 4. The molecule has 4 rings (SSSR count). The second-order valence-corrected chi connectivity index (χ2v) is 5.50. The molecule has 1 aliphatic rings. The number of hydrogen-bond acceptors (Lipinski definition) is 6. The molecule has 8 nitrogen and oxygen atoms in total. The van der Waals surface area contributed by atoms with Crippen molar-refractivity contribution in [1.82, 2.24) is 15.0 Å². The van der Waals surface area contributed by atoms with E-state index in [9.17, 15) is 10.1 Å². The van der Waals surface area contributed by atoms with Gasteiger partial charge in [-0.15, -0.1) is 0 Å². The maximum absolute atomic E-state index is 10.8. The molecule has 0 aliphatic carbocycles. The average molecular weight is 310 g/mol. The van der Waals surface area contributed by atoms with E-state index in [1.165, 1.54) is 22.8 Å². The molecule has 3 N–H and O–H groups in total. The van der Waals surface area contributed by atoms with Gasteiger partial charge in [-0.1, -0.05) is 18.2 Å². The number of nitrogen functional groups attached to an aromatic ring is 1. The summed E-state index contributed by atoms with van der Waals surface area (Å²) in [6, 6.07) is 8.15. The lowest BCUT2D eigenvalue weighted by atomic mass is 10.0. The van der Waals surface area contributed by atoms with Gasteiger partial charge in [-0.25, -0.2) is 4.98 Å². The highest BCUT2D eigenvalue weighted by Crippen LogP contribution is 2.30. The number of hydrogen-bond donors (Lipinski definition) is 2. The Hall–Kier alpha value is -3.16. The molecule has 0 bridgehead atoms. The van der Waals surface area contributed by atoms with Gasteiger partial charge in [-0.3, -0.25) is 10.1 Å². The fourth-order valence-electron chi connectivity index (χ4n) is 3.01. The second-order valence-electron chi connectivity index (χ2n) is 5.50. The molecule has 2 aromatic heterocycles. The SMILES string of the molecule is Nc1nc(N2CCc3[nH]c4ccccc4c3C2)ncc1[N+](=O)[O-]. The largest absolute Gasteiger partial charge is 0.378 e. The summed E-state index contributed by atoms with van der Waals surface area (Å²) in [7, 11) is 0. The Balaban J connectivity index is 1.70. The fourth-order valence-corrected chi connectivity index (χ4v) is 3.01. The minimum absolute atomic E-state index is 0.107. The summed E-state index contributed by atoms with van der Waals surface area (Å²) >= 11 is 0. The number of anilines is 2. The molecule has 0 atom stereocenters. The number of nitro groups is 1. The molecule has 0 radical (unpaired) electrons. The summed E-state index contributed by atoms with van der Waals surface area (Å²) in [4.78, 5) is 23.9. The third kappa shape index (κ3) is 2.15. The van der Waals surface area contributed by atoms with Crippen molar-refractivity contribution in [2.24, 2.45) is 0 Å². The molecule has 0 saturated heterocycles. The van der Waals surface area contributed by atoms with Gasteiger partial charge in [0.15, 0.2) is 0 Å². The molecular formula is C15H14N6O2. The van der Waals surface area contributed by atoms with Crippen molar-refractivity contribution in [2.45, 2.75) is 13.0 Å². The molecular weight excluding hydrogens is 296 g/mol. The van der Waals surface area contributed by atoms with E-state index in [0.29, 0.717) is 12.5 Å². The molecule has 0 spiro atoms. The Bertz CT molecular complexity index is 919. The average Bonchev–Trinajstić information content (AvgIpc) is 2.92. The number of rotatable bonds is 2. The molecule has 0 amide bonds. The molecule has 0 unspecified atom stereocenters. The van der Waals surface area contributed by atoms with E-state index in [0.717, 1.165) is 18.5 Å². The van der Waals surface area contributed by atoms with Crippen LogP contribution in [-0.4, -0.2) is 26.4 Å². The van der Waals surface area contributed by atoms with E-state index < -0.39 is 4.92 Å². The number of fused-ring (bicyclic) bond motifs is 3. The van der Waals surface area contributed by atoms with Gasteiger partial charge in [0.25, 0.3) is 0 Å². The molecule has 0 fully saturated rings. The molecule has 1 aromatic carbocycles. The lowest BCUT2D eigenvalue weighted by Crippen LogP contribution is -2.31. The molecule has 3 heterocycles. The second kappa shape index (κ2) is 4.94. The van der Waals surface area contributed by atoms with Crippen LogP contribution in [0, 0.1) is 10.1 Å². The number of benzene rings is 1. The highest BCUT2D eigenvalue weighted by atomic mass is 16.6. The maximum atomic E-state index is 10.8. The minimum atomic E-state index is -0.576. The van der Waals surface area contributed by atoms with Crippen molar-refractivity contribution < 1.29 is 4.92 Å². The Morgan fingerprint density at radius 1 is 1.35 bits per heavy atom. The van der Waals surface area contributed by atoms with Crippen molar-refractivity contribution >= 4 is 28.4 Å². The van der Waals surface area contributed by atoms with E-state index in [-0.39, 0.29) is 11.5 Å². The van der Waals surface area contributed by atoms with Crippen LogP contribution < -0.4 is 10.6 Å². The summed E-state index contributed by atoms with van der Waals surface area (Å²) in [6.45, 7) is 1.38. The summed E-state index contributed by atoms with van der Waals surface area (Å²) < 4.78 is 0. The molecule has 3 aromatic rings. The van der Waals surface area contributed by atoms with E-state index in [2.05, 4.69) is 27.1 Å². The molecule has 116 valence electrons. The van der Waals surface area contributed by atoms with Gasteiger partial charge in [0.2, 0.25) is 11.8 Å². The van der Waals surface area contributed by atoms with Gasteiger partial charge in [0.1, 0.15) is 6.20 Å². The summed E-state index contributed by atoms with van der Waals surface area (Å²) in [5.41, 5.74) is 8.95. The van der Waals surface area contributed by atoms with Crippen LogP contribution in [0.5, 0.6) is 0 Å². The Morgan fingerprint density at radius 2 is 2.17 bits per heavy atom. The highest BCUT2D eigenvalue weighted by molar-refractivity contribution is 5.85. The number of aromatic amines is 1. The standard InChI is InChI=1S/C15H14N6O2/c16-14-13(21(22)23)7-17-15(19-14)20-6-5-12-10(8-20)9-3-1-2-4-11(9)18-12/h1-4,7,18H,5-6,8H2,(H2,16,17,19). The van der Waals surface area contributed by atoms with Gasteiger partial charge < -0.3 is 15.6 Å². The van der Waals surface area contributed by atoms with Crippen molar-refractivity contribution in [1.29, 1.82) is 0 Å². The zero-order valence-electron chi connectivity index (χ0n) is 12.2. The van der Waals surface area contributed by atoms with Crippen LogP contribution in [0.4, 0.5) is 17.5 Å². The number of nitrogens with two attached hydrogens (primary N) is 1. The lowest BCUT2D eigenvalue weighted by molar-refractivity contribution is -0.384. The van der Waals surface area contributed by atoms with E-state index in [1.54, 1.807) is 0 Å². The van der Waals surface area contributed by atoms with Gasteiger partial charge >= 0.3 is 5.69 Å². The highest BCUT2D eigenvalue weighted by Gasteiger charge is 2.24. The van der Waals surface area contributed by atoms with Crippen LogP contribution in [-0.2, 0) is 13.0 Å². The summed E-state index contributed by atoms with van der Waals surface area (Å²) in [5, 5.41) is 12.0.